The van der Waals surface area contributed by atoms with Gasteiger partial charge in [0.15, 0.2) is 12.7 Å². The number of rotatable bonds is 9. The van der Waals surface area contributed by atoms with Gasteiger partial charge in [0, 0.05) is 11.6 Å². The van der Waals surface area contributed by atoms with Gasteiger partial charge in [-0.25, -0.2) is 4.79 Å². The lowest BCUT2D eigenvalue weighted by Crippen LogP contribution is -2.37. The van der Waals surface area contributed by atoms with E-state index in [1.807, 2.05) is 24.3 Å². The summed E-state index contributed by atoms with van der Waals surface area (Å²) in [6, 6.07) is 14.3. The number of hydrogen-bond acceptors (Lipinski definition) is 5. The molecule has 27 heavy (non-hydrogen) atoms. The average Bonchev–Trinajstić information content (AvgIpc) is 2.67. The molecule has 6 nitrogen and oxygen atoms in total. The zero-order valence-corrected chi connectivity index (χ0v) is 16.0. The molecule has 0 unspecified atom stereocenters. The number of esters is 1. The summed E-state index contributed by atoms with van der Waals surface area (Å²) in [6.07, 6.45) is -0.245. The van der Waals surface area contributed by atoms with Gasteiger partial charge in [-0.3, -0.25) is 4.79 Å². The quantitative estimate of drug-likeness (QED) is 0.665. The second-order valence-electron chi connectivity index (χ2n) is 5.77. The number of halogens is 1. The van der Waals surface area contributed by atoms with Gasteiger partial charge in [-0.1, -0.05) is 29.8 Å². The van der Waals surface area contributed by atoms with Gasteiger partial charge in [-0.05, 0) is 49.2 Å². The monoisotopic (exact) mass is 391 g/mol. The molecule has 2 aromatic carbocycles. The molecule has 2 aromatic rings. The van der Waals surface area contributed by atoms with Crippen molar-refractivity contribution >= 4 is 23.5 Å². The number of benzene rings is 2. The number of hydrogen-bond donors (Lipinski definition) is 1. The van der Waals surface area contributed by atoms with Gasteiger partial charge in [0.2, 0.25) is 0 Å². The highest BCUT2D eigenvalue weighted by atomic mass is 35.5. The largest absolute Gasteiger partial charge is 0.497 e. The fraction of sp³-hybridized carbons (Fsp3) is 0.300. The van der Waals surface area contributed by atoms with Crippen molar-refractivity contribution in [2.45, 2.75) is 19.4 Å². The van der Waals surface area contributed by atoms with Crippen LogP contribution in [0, 0.1) is 0 Å². The normalized spacial score (nSPS) is 11.4. The molecule has 0 radical (unpaired) electrons. The van der Waals surface area contributed by atoms with Gasteiger partial charge < -0.3 is 19.5 Å². The van der Waals surface area contributed by atoms with E-state index < -0.39 is 12.1 Å². The molecule has 1 amide bonds. The Morgan fingerprint density at radius 3 is 2.52 bits per heavy atom. The van der Waals surface area contributed by atoms with Gasteiger partial charge in [0.25, 0.3) is 5.91 Å². The molecule has 0 bridgehead atoms. The van der Waals surface area contributed by atoms with E-state index >= 15 is 0 Å². The van der Waals surface area contributed by atoms with E-state index in [0.717, 1.165) is 11.3 Å². The molecule has 1 N–H and O–H groups in total. The van der Waals surface area contributed by atoms with Crippen molar-refractivity contribution in [1.82, 2.24) is 5.32 Å². The van der Waals surface area contributed by atoms with Crippen molar-refractivity contribution in [1.29, 1.82) is 0 Å². The summed E-state index contributed by atoms with van der Waals surface area (Å²) in [6.45, 7) is 1.65. The first-order valence-electron chi connectivity index (χ1n) is 8.46. The molecule has 0 aliphatic carbocycles. The van der Waals surface area contributed by atoms with E-state index in [4.69, 9.17) is 25.8 Å². The molecule has 1 atom stereocenters. The highest BCUT2D eigenvalue weighted by Gasteiger charge is 2.17. The smallest absolute Gasteiger partial charge is 0.344 e. The van der Waals surface area contributed by atoms with Crippen LogP contribution in [0.2, 0.25) is 5.02 Å². The Hall–Kier alpha value is -2.73. The van der Waals surface area contributed by atoms with Crippen molar-refractivity contribution in [3.8, 4) is 11.5 Å². The molecule has 0 aromatic heterocycles. The maximum atomic E-state index is 12.0. The van der Waals surface area contributed by atoms with Crippen molar-refractivity contribution < 1.29 is 23.8 Å². The van der Waals surface area contributed by atoms with Crippen molar-refractivity contribution in [3.05, 3.63) is 59.1 Å². The molecule has 0 aliphatic rings. The van der Waals surface area contributed by atoms with Crippen molar-refractivity contribution in [2.75, 3.05) is 20.3 Å². The number of carbonyl (C=O) groups is 2. The Bertz CT molecular complexity index is 763. The summed E-state index contributed by atoms with van der Waals surface area (Å²) >= 11 is 5.84. The second-order valence-corrected chi connectivity index (χ2v) is 6.20. The number of methoxy groups -OCH3 is 1. The maximum Gasteiger partial charge on any atom is 0.344 e. The van der Waals surface area contributed by atoms with Crippen LogP contribution in [-0.2, 0) is 20.7 Å². The fourth-order valence-electron chi connectivity index (χ4n) is 2.25. The first kappa shape index (κ1) is 20.6. The Labute approximate surface area is 163 Å². The van der Waals surface area contributed by atoms with Crippen LogP contribution >= 0.6 is 11.6 Å². The van der Waals surface area contributed by atoms with Crippen LogP contribution in [0.25, 0.3) is 0 Å². The summed E-state index contributed by atoms with van der Waals surface area (Å²) in [5.74, 6) is 0.242. The van der Waals surface area contributed by atoms with Gasteiger partial charge in [0.1, 0.15) is 11.5 Å². The van der Waals surface area contributed by atoms with Crippen LogP contribution in [0.15, 0.2) is 48.5 Å². The zero-order valence-electron chi connectivity index (χ0n) is 15.2. The molecule has 0 aliphatic heterocycles. The first-order chi connectivity index (χ1) is 13.0. The third-order valence-electron chi connectivity index (χ3n) is 3.70. The van der Waals surface area contributed by atoms with Crippen LogP contribution in [0.5, 0.6) is 11.5 Å². The Morgan fingerprint density at radius 1 is 1.11 bits per heavy atom. The number of carbonyl (C=O) groups excluding carboxylic acids is 2. The number of ether oxygens (including phenoxy) is 3. The molecule has 0 heterocycles. The summed E-state index contributed by atoms with van der Waals surface area (Å²) in [4.78, 5) is 23.8. The van der Waals surface area contributed by atoms with Crippen LogP contribution in [-0.4, -0.2) is 38.2 Å². The first-order valence-corrected chi connectivity index (χ1v) is 8.84. The predicted octanol–water partition coefficient (Wildman–Crippen LogP) is 3.02. The molecule has 144 valence electrons. The van der Waals surface area contributed by atoms with Gasteiger partial charge in [-0.2, -0.15) is 0 Å². The molecule has 0 saturated heterocycles. The Morgan fingerprint density at radius 2 is 1.85 bits per heavy atom. The van der Waals surface area contributed by atoms with Gasteiger partial charge >= 0.3 is 5.97 Å². The van der Waals surface area contributed by atoms with E-state index in [1.54, 1.807) is 31.4 Å². The minimum absolute atomic E-state index is 0.302. The summed E-state index contributed by atoms with van der Waals surface area (Å²) in [5, 5.41) is 3.25. The minimum atomic E-state index is -0.906. The predicted molar refractivity (Wildman–Crippen MR) is 102 cm³/mol. The van der Waals surface area contributed by atoms with E-state index in [1.165, 1.54) is 6.92 Å². The zero-order chi connectivity index (χ0) is 19.6. The Balaban J connectivity index is 1.68. The average molecular weight is 392 g/mol. The molecule has 0 saturated carbocycles. The van der Waals surface area contributed by atoms with Crippen molar-refractivity contribution in [3.63, 3.8) is 0 Å². The van der Waals surface area contributed by atoms with Crippen LogP contribution in [0.1, 0.15) is 12.5 Å². The molecular formula is C20H22ClNO5. The molecule has 2 rings (SSSR count). The lowest BCUT2D eigenvalue weighted by Gasteiger charge is -2.14. The number of amides is 1. The molecule has 0 fully saturated rings. The van der Waals surface area contributed by atoms with Crippen LogP contribution in [0.3, 0.4) is 0 Å². The topological polar surface area (TPSA) is 73.9 Å². The molecule has 7 heteroatoms. The third kappa shape index (κ3) is 7.19. The lowest BCUT2D eigenvalue weighted by molar-refractivity contribution is -0.156. The number of nitrogens with one attached hydrogen (secondary N) is 1. The molecule has 0 spiro atoms. The van der Waals surface area contributed by atoms with Crippen molar-refractivity contribution in [2.24, 2.45) is 0 Å². The van der Waals surface area contributed by atoms with Crippen LogP contribution < -0.4 is 14.8 Å². The van der Waals surface area contributed by atoms with E-state index in [2.05, 4.69) is 5.32 Å². The highest BCUT2D eigenvalue weighted by Crippen LogP contribution is 2.17. The third-order valence-corrected chi connectivity index (χ3v) is 3.94. The van der Waals surface area contributed by atoms with E-state index in [0.29, 0.717) is 23.7 Å². The summed E-state index contributed by atoms with van der Waals surface area (Å²) in [5.41, 5.74) is 1.07. The Kier molecular flexibility index (Phi) is 7.95. The lowest BCUT2D eigenvalue weighted by atomic mass is 10.1. The van der Waals surface area contributed by atoms with E-state index in [-0.39, 0.29) is 12.5 Å². The SMILES string of the molecule is COc1ccc(CCNC(=O)[C@H](C)OC(=O)COc2cccc(Cl)c2)cc1. The van der Waals surface area contributed by atoms with E-state index in [9.17, 15) is 9.59 Å². The van der Waals surface area contributed by atoms with Gasteiger partial charge in [-0.15, -0.1) is 0 Å². The molecular weight excluding hydrogens is 370 g/mol. The highest BCUT2D eigenvalue weighted by molar-refractivity contribution is 6.30. The van der Waals surface area contributed by atoms with Crippen LogP contribution in [0.4, 0.5) is 0 Å². The summed E-state index contributed by atoms with van der Waals surface area (Å²) in [7, 11) is 1.61. The minimum Gasteiger partial charge on any atom is -0.497 e. The second kappa shape index (κ2) is 10.4. The van der Waals surface area contributed by atoms with Gasteiger partial charge in [0.05, 0.1) is 7.11 Å². The fourth-order valence-corrected chi connectivity index (χ4v) is 2.43. The standard InChI is InChI=1S/C20H22ClNO5/c1-14(27-19(23)13-26-18-5-3-4-16(21)12-18)20(24)22-11-10-15-6-8-17(25-2)9-7-15/h3-9,12,14H,10-11,13H2,1-2H3,(H,22,24)/t14-/m0/s1. The maximum absolute atomic E-state index is 12.0. The summed E-state index contributed by atoms with van der Waals surface area (Å²) < 4.78 is 15.5.